The fraction of sp³-hybridized carbons (Fsp3) is 0.0556. The van der Waals surface area contributed by atoms with E-state index in [-0.39, 0.29) is 11.9 Å². The van der Waals surface area contributed by atoms with Crippen LogP contribution in [0.25, 0.3) is 48.6 Å². The molecular formula is C36H28O4. The zero-order chi connectivity index (χ0) is 27.9. The van der Waals surface area contributed by atoms with Crippen LogP contribution >= 0.6 is 0 Å². The second-order valence-electron chi connectivity index (χ2n) is 9.34. The second kappa shape index (κ2) is 12.1. The minimum absolute atomic E-state index is 0.379. The molecule has 14 rings (SSSR count). The van der Waals surface area contributed by atoms with E-state index in [1.807, 2.05) is 134 Å². The molecule has 40 heavy (non-hydrogen) atoms. The van der Waals surface area contributed by atoms with Crippen LogP contribution in [0.5, 0.6) is 0 Å². The van der Waals surface area contributed by atoms with Crippen LogP contribution in [0.2, 0.25) is 0 Å². The van der Waals surface area contributed by atoms with Gasteiger partial charge in [-0.1, -0.05) is 121 Å². The number of carbonyl (C=O) groups is 2. The van der Waals surface area contributed by atoms with Gasteiger partial charge in [-0.2, -0.15) is 0 Å². The molecule has 4 heteroatoms. The standard InChI is InChI=1S/C36H28O4/c1-39-35(37)33-23-29-13-11-25-5-9-28(10-6-25)16-20-32-22-18-30(24-34(32)36(38)40-2)14-12-26-3-7-27(8-4-26)15-19-31(33)21-17-29/h3-24H,1-2H3/b13-11?,14-12?,19-15?,20-16?,25-11?,26-12?,27-15?,28-16?,29-13-,30-14+,31-19-,32-20+. The Morgan fingerprint density at radius 1 is 0.400 bits per heavy atom. The van der Waals surface area contributed by atoms with Crippen molar-refractivity contribution in [2.75, 3.05) is 14.2 Å². The van der Waals surface area contributed by atoms with E-state index in [0.29, 0.717) is 11.1 Å². The fourth-order valence-electron chi connectivity index (χ4n) is 4.41. The number of carbonyl (C=O) groups excluding carboxylic acids is 2. The van der Waals surface area contributed by atoms with E-state index < -0.39 is 0 Å². The Morgan fingerprint density at radius 2 is 0.675 bits per heavy atom. The summed E-state index contributed by atoms with van der Waals surface area (Å²) in [5.41, 5.74) is 1.01. The normalized spacial score (nSPS) is 15.4. The predicted molar refractivity (Wildman–Crippen MR) is 161 cm³/mol. The monoisotopic (exact) mass is 524 g/mol. The van der Waals surface area contributed by atoms with Gasteiger partial charge in [-0.15, -0.1) is 0 Å². The molecule has 0 heterocycles. The average Bonchev–Trinajstić information content (AvgIpc) is 3.01. The van der Waals surface area contributed by atoms with E-state index in [4.69, 9.17) is 9.47 Å². The average molecular weight is 525 g/mol. The van der Waals surface area contributed by atoms with Gasteiger partial charge in [0.1, 0.15) is 0 Å². The molecular weight excluding hydrogens is 496 g/mol. The highest BCUT2D eigenvalue weighted by Gasteiger charge is 2.07. The van der Waals surface area contributed by atoms with E-state index in [1.54, 1.807) is 0 Å². The summed E-state index contributed by atoms with van der Waals surface area (Å²) in [5.74, 6) is -0.757. The van der Waals surface area contributed by atoms with Gasteiger partial charge in [0.05, 0.1) is 25.3 Å². The van der Waals surface area contributed by atoms with Crippen LogP contribution in [-0.4, -0.2) is 26.2 Å². The van der Waals surface area contributed by atoms with Crippen molar-refractivity contribution in [3.05, 3.63) is 138 Å². The van der Waals surface area contributed by atoms with Gasteiger partial charge in [0.15, 0.2) is 0 Å². The Kier molecular flexibility index (Phi) is 7.98. The summed E-state index contributed by atoms with van der Waals surface area (Å²) in [6.45, 7) is 0. The van der Waals surface area contributed by atoms with E-state index in [2.05, 4.69) is 0 Å². The number of esters is 2. The van der Waals surface area contributed by atoms with Crippen LogP contribution in [0, 0.1) is 0 Å². The molecule has 0 saturated heterocycles. The first kappa shape index (κ1) is 26.4. The van der Waals surface area contributed by atoms with Crippen LogP contribution in [0.4, 0.5) is 0 Å². The van der Waals surface area contributed by atoms with Crippen LogP contribution < -0.4 is 41.7 Å². The van der Waals surface area contributed by atoms with Gasteiger partial charge in [-0.05, 0) is 53.9 Å². The van der Waals surface area contributed by atoms with Crippen LogP contribution in [-0.2, 0) is 9.47 Å². The van der Waals surface area contributed by atoms with Crippen molar-refractivity contribution in [1.29, 1.82) is 0 Å². The van der Waals surface area contributed by atoms with Crippen molar-refractivity contribution in [3.8, 4) is 0 Å². The molecule has 4 aromatic rings. The number of hydrogen-bond donors (Lipinski definition) is 0. The summed E-state index contributed by atoms with van der Waals surface area (Å²) < 4.78 is 10.1. The molecule has 10 aliphatic carbocycles. The lowest BCUT2D eigenvalue weighted by Gasteiger charge is -2.00. The highest BCUT2D eigenvalue weighted by atomic mass is 16.5. The lowest BCUT2D eigenvalue weighted by molar-refractivity contribution is 0.0590. The molecule has 10 aliphatic rings. The number of rotatable bonds is 2. The van der Waals surface area contributed by atoms with Crippen molar-refractivity contribution in [2.45, 2.75) is 0 Å². The second-order valence-corrected chi connectivity index (χ2v) is 9.34. The Balaban J connectivity index is 1.76. The molecule has 4 aromatic carbocycles. The first-order chi connectivity index (χ1) is 19.5. The van der Waals surface area contributed by atoms with Gasteiger partial charge in [-0.3, -0.25) is 0 Å². The van der Waals surface area contributed by atoms with Crippen molar-refractivity contribution in [1.82, 2.24) is 0 Å². The highest BCUT2D eigenvalue weighted by Crippen LogP contribution is 1.94. The van der Waals surface area contributed by atoms with Gasteiger partial charge in [0.2, 0.25) is 0 Å². The van der Waals surface area contributed by atoms with E-state index in [0.717, 1.165) is 41.7 Å². The third kappa shape index (κ3) is 6.25. The minimum Gasteiger partial charge on any atom is -0.465 e. The van der Waals surface area contributed by atoms with Gasteiger partial charge in [-0.25, -0.2) is 9.59 Å². The summed E-state index contributed by atoms with van der Waals surface area (Å²) in [5, 5.41) is 7.39. The van der Waals surface area contributed by atoms with Gasteiger partial charge in [0, 0.05) is 0 Å². The number of benzene rings is 4. The lowest BCUT2D eigenvalue weighted by Crippen LogP contribution is -2.21. The molecule has 0 N–H and O–H groups in total. The van der Waals surface area contributed by atoms with E-state index >= 15 is 0 Å². The molecule has 0 amide bonds. The van der Waals surface area contributed by atoms with Crippen molar-refractivity contribution < 1.29 is 19.1 Å². The SMILES string of the molecule is COC(=O)c1c/c2cc/c1=C/C=c1ccc(cc1)=C/C=c1\cc/c(c(C(=O)OC)c1)=C\C=c1ccc(cc1)=C/C=2. The first-order valence-electron chi connectivity index (χ1n) is 12.9. The third-order valence-corrected chi connectivity index (χ3v) is 6.69. The highest BCUT2D eigenvalue weighted by molar-refractivity contribution is 5.91. The molecule has 0 aromatic heterocycles. The van der Waals surface area contributed by atoms with Gasteiger partial charge in [0.25, 0.3) is 0 Å². The Morgan fingerprint density at radius 3 is 1.00 bits per heavy atom. The number of ether oxygens (including phenoxy) is 2. The molecule has 0 atom stereocenters. The first-order valence-corrected chi connectivity index (χ1v) is 12.9. The molecule has 8 bridgehead atoms. The van der Waals surface area contributed by atoms with Gasteiger partial charge < -0.3 is 9.47 Å². The molecule has 0 fully saturated rings. The summed E-state index contributed by atoms with van der Waals surface area (Å²) in [4.78, 5) is 25.1. The largest absolute Gasteiger partial charge is 0.465 e. The predicted octanol–water partition coefficient (Wildman–Crippen LogP) is 0.618. The summed E-state index contributed by atoms with van der Waals surface area (Å²) in [7, 11) is 2.79. The molecule has 0 spiro atoms. The maximum Gasteiger partial charge on any atom is 0.338 e. The van der Waals surface area contributed by atoms with Gasteiger partial charge >= 0.3 is 11.9 Å². The Labute approximate surface area is 231 Å². The van der Waals surface area contributed by atoms with Crippen LogP contribution in [0.15, 0.2) is 84.9 Å². The maximum absolute atomic E-state index is 12.5. The summed E-state index contributed by atoms with van der Waals surface area (Å²) in [6, 6.07) is 27.7. The lowest BCUT2D eigenvalue weighted by atomic mass is 10.1. The van der Waals surface area contributed by atoms with Crippen LogP contribution in [0.1, 0.15) is 20.7 Å². The van der Waals surface area contributed by atoms with Crippen molar-refractivity contribution in [2.24, 2.45) is 0 Å². The topological polar surface area (TPSA) is 52.6 Å². The molecule has 196 valence electrons. The summed E-state index contributed by atoms with van der Waals surface area (Å²) >= 11 is 0. The fourth-order valence-corrected chi connectivity index (χ4v) is 4.41. The third-order valence-electron chi connectivity index (χ3n) is 6.69. The van der Waals surface area contributed by atoms with E-state index in [1.165, 1.54) is 14.2 Å². The number of hydrogen-bond acceptors (Lipinski definition) is 4. The molecule has 0 unspecified atom stereocenters. The molecule has 0 radical (unpaired) electrons. The smallest absolute Gasteiger partial charge is 0.338 e. The van der Waals surface area contributed by atoms with E-state index in [9.17, 15) is 9.59 Å². The molecule has 0 saturated carbocycles. The van der Waals surface area contributed by atoms with Crippen molar-refractivity contribution >= 4 is 60.5 Å². The zero-order valence-electron chi connectivity index (χ0n) is 22.3. The Hall–Kier alpha value is -5.22. The van der Waals surface area contributed by atoms with Crippen molar-refractivity contribution in [3.63, 3.8) is 0 Å². The quantitative estimate of drug-likeness (QED) is 0.361. The maximum atomic E-state index is 12.5. The zero-order valence-corrected chi connectivity index (χ0v) is 22.3. The molecule has 0 aliphatic heterocycles. The summed E-state index contributed by atoms with van der Waals surface area (Å²) in [6.07, 6.45) is 15.7. The minimum atomic E-state index is -0.379. The Bertz CT molecular complexity index is 1920. The molecule has 4 nitrogen and oxygen atoms in total. The van der Waals surface area contributed by atoms with Crippen LogP contribution in [0.3, 0.4) is 0 Å². The number of methoxy groups -OCH3 is 2.